The molecule has 0 saturated heterocycles. The monoisotopic (exact) mass is 197 g/mol. The van der Waals surface area contributed by atoms with Crippen LogP contribution in [0.5, 0.6) is 0 Å². The average Bonchev–Trinajstić information content (AvgIpc) is 2.09. The van der Waals surface area contributed by atoms with Crippen molar-refractivity contribution >= 4 is 0 Å². The van der Waals surface area contributed by atoms with E-state index in [9.17, 15) is 0 Å². The molecule has 14 heavy (non-hydrogen) atoms. The summed E-state index contributed by atoms with van der Waals surface area (Å²) in [6.07, 6.45) is 4.77. The molecule has 0 fully saturated rings. The Morgan fingerprint density at radius 2 is 1.93 bits per heavy atom. The minimum atomic E-state index is 0.235. The van der Waals surface area contributed by atoms with Crippen molar-refractivity contribution < 1.29 is 0 Å². The zero-order chi connectivity index (χ0) is 11.2. The van der Waals surface area contributed by atoms with Crippen LogP contribution in [0.4, 0.5) is 0 Å². The van der Waals surface area contributed by atoms with E-state index in [1.165, 1.54) is 12.8 Å². The van der Waals surface area contributed by atoms with E-state index in [1.807, 2.05) is 0 Å². The summed E-state index contributed by atoms with van der Waals surface area (Å²) < 4.78 is 0. The maximum absolute atomic E-state index is 3.55. The molecule has 0 bridgehead atoms. The molecule has 0 aliphatic rings. The molecule has 0 rings (SSSR count). The maximum Gasteiger partial charge on any atom is 0.00967 e. The summed E-state index contributed by atoms with van der Waals surface area (Å²) in [5.41, 5.74) is 1.82. The average molecular weight is 197 g/mol. The van der Waals surface area contributed by atoms with Crippen LogP contribution in [0, 0.1) is 5.92 Å². The van der Waals surface area contributed by atoms with Gasteiger partial charge in [0.15, 0.2) is 0 Å². The first kappa shape index (κ1) is 13.7. The molecule has 84 valence electrons. The summed E-state index contributed by atoms with van der Waals surface area (Å²) in [6.45, 7) is 14.4. The molecule has 0 amide bonds. The van der Waals surface area contributed by atoms with Crippen molar-refractivity contribution in [3.63, 3.8) is 0 Å². The topological polar surface area (TPSA) is 12.0 Å². The van der Waals surface area contributed by atoms with Crippen molar-refractivity contribution in [2.75, 3.05) is 6.54 Å². The Balaban J connectivity index is 4.00. The standard InChI is InChI=1S/C13H27N/c1-7-9-12(8-2)11(3)10-14-13(4,5)6/h8,11,14H,7,9-10H2,1-6H3. The van der Waals surface area contributed by atoms with Crippen LogP contribution in [0.1, 0.15) is 54.4 Å². The van der Waals surface area contributed by atoms with E-state index in [1.54, 1.807) is 5.57 Å². The number of nitrogens with one attached hydrogen (secondary N) is 1. The third-order valence-electron chi connectivity index (χ3n) is 2.48. The van der Waals surface area contributed by atoms with E-state index in [0.29, 0.717) is 5.92 Å². The minimum absolute atomic E-state index is 0.235. The fraction of sp³-hybridized carbons (Fsp3) is 0.846. The van der Waals surface area contributed by atoms with Crippen LogP contribution in [0.25, 0.3) is 0 Å². The first-order valence-corrected chi connectivity index (χ1v) is 5.80. The highest BCUT2D eigenvalue weighted by Crippen LogP contribution is 2.16. The second-order valence-electron chi connectivity index (χ2n) is 5.15. The SMILES string of the molecule is CC=C(CCC)C(C)CNC(C)(C)C. The summed E-state index contributed by atoms with van der Waals surface area (Å²) in [5.74, 6) is 0.666. The molecule has 0 aromatic heterocycles. The molecule has 0 aliphatic heterocycles. The summed E-state index contributed by atoms with van der Waals surface area (Å²) >= 11 is 0. The molecule has 0 aromatic rings. The third-order valence-corrected chi connectivity index (χ3v) is 2.48. The molecule has 0 saturated carbocycles. The highest BCUT2D eigenvalue weighted by molar-refractivity contribution is 5.05. The molecule has 1 atom stereocenters. The molecule has 0 aromatic carbocycles. The lowest BCUT2D eigenvalue weighted by Gasteiger charge is -2.24. The Labute approximate surface area is 90.0 Å². The quantitative estimate of drug-likeness (QED) is 0.662. The van der Waals surface area contributed by atoms with Gasteiger partial charge in [0.2, 0.25) is 0 Å². The molecule has 0 radical (unpaired) electrons. The molecular formula is C13H27N. The lowest BCUT2D eigenvalue weighted by molar-refractivity contribution is 0.396. The molecular weight excluding hydrogens is 170 g/mol. The minimum Gasteiger partial charge on any atom is -0.311 e. The molecule has 1 unspecified atom stereocenters. The Morgan fingerprint density at radius 3 is 2.29 bits per heavy atom. The van der Waals surface area contributed by atoms with Crippen LogP contribution in [-0.4, -0.2) is 12.1 Å². The molecule has 0 aliphatic carbocycles. The first-order chi connectivity index (χ1) is 6.40. The van der Waals surface area contributed by atoms with Gasteiger partial charge in [-0.05, 0) is 40.0 Å². The highest BCUT2D eigenvalue weighted by atomic mass is 14.9. The van der Waals surface area contributed by atoms with Crippen molar-refractivity contribution in [1.29, 1.82) is 0 Å². The van der Waals surface area contributed by atoms with E-state index in [2.05, 4.69) is 52.9 Å². The third kappa shape index (κ3) is 6.20. The van der Waals surface area contributed by atoms with E-state index in [0.717, 1.165) is 6.54 Å². The van der Waals surface area contributed by atoms with Crippen LogP contribution in [0.15, 0.2) is 11.6 Å². The van der Waals surface area contributed by atoms with Crippen molar-refractivity contribution in [2.45, 2.75) is 59.9 Å². The van der Waals surface area contributed by atoms with Gasteiger partial charge < -0.3 is 5.32 Å². The molecule has 1 N–H and O–H groups in total. The molecule has 0 spiro atoms. The normalized spacial score (nSPS) is 15.7. The van der Waals surface area contributed by atoms with E-state index >= 15 is 0 Å². The Morgan fingerprint density at radius 1 is 1.36 bits per heavy atom. The van der Waals surface area contributed by atoms with Crippen LogP contribution >= 0.6 is 0 Å². The summed E-state index contributed by atoms with van der Waals surface area (Å²) in [5, 5.41) is 3.55. The fourth-order valence-corrected chi connectivity index (χ4v) is 1.55. The Kier molecular flexibility index (Phi) is 6.10. The van der Waals surface area contributed by atoms with Gasteiger partial charge >= 0.3 is 0 Å². The lowest BCUT2D eigenvalue weighted by Crippen LogP contribution is -2.38. The zero-order valence-corrected chi connectivity index (χ0v) is 10.8. The van der Waals surface area contributed by atoms with Crippen molar-refractivity contribution in [1.82, 2.24) is 5.32 Å². The van der Waals surface area contributed by atoms with Crippen LogP contribution in [0.3, 0.4) is 0 Å². The number of rotatable bonds is 5. The summed E-state index contributed by atoms with van der Waals surface area (Å²) in [6, 6.07) is 0. The predicted octanol–water partition coefficient (Wildman–Crippen LogP) is 3.76. The van der Waals surface area contributed by atoms with Gasteiger partial charge in [0, 0.05) is 12.1 Å². The van der Waals surface area contributed by atoms with Crippen molar-refractivity contribution in [2.24, 2.45) is 5.92 Å². The van der Waals surface area contributed by atoms with Gasteiger partial charge in [-0.25, -0.2) is 0 Å². The van der Waals surface area contributed by atoms with Gasteiger partial charge in [0.1, 0.15) is 0 Å². The molecule has 0 heterocycles. The van der Waals surface area contributed by atoms with Crippen LogP contribution in [-0.2, 0) is 0 Å². The van der Waals surface area contributed by atoms with Gasteiger partial charge in [0.05, 0.1) is 0 Å². The fourth-order valence-electron chi connectivity index (χ4n) is 1.55. The molecule has 1 nitrogen and oxygen atoms in total. The number of hydrogen-bond acceptors (Lipinski definition) is 1. The van der Waals surface area contributed by atoms with Crippen LogP contribution in [0.2, 0.25) is 0 Å². The van der Waals surface area contributed by atoms with Gasteiger partial charge in [-0.1, -0.05) is 31.9 Å². The zero-order valence-electron chi connectivity index (χ0n) is 10.8. The van der Waals surface area contributed by atoms with Gasteiger partial charge in [-0.15, -0.1) is 0 Å². The van der Waals surface area contributed by atoms with E-state index in [4.69, 9.17) is 0 Å². The molecule has 1 heteroatoms. The van der Waals surface area contributed by atoms with Gasteiger partial charge in [-0.3, -0.25) is 0 Å². The largest absolute Gasteiger partial charge is 0.311 e. The Bertz CT molecular complexity index is 174. The van der Waals surface area contributed by atoms with Gasteiger partial charge in [0.25, 0.3) is 0 Å². The van der Waals surface area contributed by atoms with Crippen molar-refractivity contribution in [3.8, 4) is 0 Å². The number of allylic oxidation sites excluding steroid dienone is 1. The van der Waals surface area contributed by atoms with Gasteiger partial charge in [-0.2, -0.15) is 0 Å². The second-order valence-corrected chi connectivity index (χ2v) is 5.15. The maximum atomic E-state index is 3.55. The summed E-state index contributed by atoms with van der Waals surface area (Å²) in [7, 11) is 0. The highest BCUT2D eigenvalue weighted by Gasteiger charge is 2.12. The van der Waals surface area contributed by atoms with Crippen LogP contribution < -0.4 is 5.32 Å². The predicted molar refractivity (Wildman–Crippen MR) is 65.6 cm³/mol. The summed E-state index contributed by atoms with van der Waals surface area (Å²) in [4.78, 5) is 0. The second kappa shape index (κ2) is 6.23. The first-order valence-electron chi connectivity index (χ1n) is 5.80. The lowest BCUT2D eigenvalue weighted by atomic mass is 9.95. The smallest absolute Gasteiger partial charge is 0.00967 e. The van der Waals surface area contributed by atoms with Crippen molar-refractivity contribution in [3.05, 3.63) is 11.6 Å². The Hall–Kier alpha value is -0.300. The number of hydrogen-bond donors (Lipinski definition) is 1. The van der Waals surface area contributed by atoms with E-state index in [-0.39, 0.29) is 5.54 Å². The van der Waals surface area contributed by atoms with E-state index < -0.39 is 0 Å².